The quantitative estimate of drug-likeness (QED) is 0.269. The minimum Gasteiger partial charge on any atom is -0.460 e. The number of allylic oxidation sites excluding steroid dienone is 3. The molecule has 0 N–H and O–H groups in total. The monoisotopic (exact) mass is 224 g/mol. The summed E-state index contributed by atoms with van der Waals surface area (Å²) in [5.74, 6) is -0.249. The molecular formula is C14H24O2. The lowest BCUT2D eigenvalue weighted by Gasteiger charge is -2.11. The Hall–Kier alpha value is -1.05. The SMILES string of the molecule is C/C=C/C=C/C(=O)OC(C)CCCCCC. The van der Waals surface area contributed by atoms with Crippen LogP contribution < -0.4 is 0 Å². The maximum absolute atomic E-state index is 11.3. The van der Waals surface area contributed by atoms with Crippen molar-refractivity contribution in [3.63, 3.8) is 0 Å². The van der Waals surface area contributed by atoms with Crippen molar-refractivity contribution in [1.29, 1.82) is 0 Å². The third kappa shape index (κ3) is 9.50. The lowest BCUT2D eigenvalue weighted by atomic mass is 10.1. The largest absolute Gasteiger partial charge is 0.460 e. The molecule has 0 spiro atoms. The topological polar surface area (TPSA) is 26.3 Å². The number of carbonyl (C=O) groups is 1. The van der Waals surface area contributed by atoms with Crippen molar-refractivity contribution in [3.05, 3.63) is 24.3 Å². The van der Waals surface area contributed by atoms with Crippen molar-refractivity contribution in [2.75, 3.05) is 0 Å². The summed E-state index contributed by atoms with van der Waals surface area (Å²) in [6, 6.07) is 0. The van der Waals surface area contributed by atoms with E-state index in [9.17, 15) is 4.79 Å². The van der Waals surface area contributed by atoms with Crippen LogP contribution in [0.4, 0.5) is 0 Å². The molecule has 0 rings (SSSR count). The van der Waals surface area contributed by atoms with E-state index < -0.39 is 0 Å². The molecule has 1 unspecified atom stereocenters. The molecule has 0 heterocycles. The maximum Gasteiger partial charge on any atom is 0.331 e. The first-order valence-corrected chi connectivity index (χ1v) is 6.20. The van der Waals surface area contributed by atoms with Crippen molar-refractivity contribution in [2.45, 2.75) is 59.0 Å². The Morgan fingerprint density at radius 3 is 2.62 bits per heavy atom. The van der Waals surface area contributed by atoms with Crippen molar-refractivity contribution < 1.29 is 9.53 Å². The highest BCUT2D eigenvalue weighted by Crippen LogP contribution is 2.08. The van der Waals surface area contributed by atoms with Crippen LogP contribution in [-0.2, 0) is 9.53 Å². The zero-order valence-corrected chi connectivity index (χ0v) is 10.7. The van der Waals surface area contributed by atoms with E-state index in [-0.39, 0.29) is 12.1 Å². The summed E-state index contributed by atoms with van der Waals surface area (Å²) in [6.07, 6.45) is 12.7. The predicted molar refractivity (Wildman–Crippen MR) is 68.3 cm³/mol. The van der Waals surface area contributed by atoms with Gasteiger partial charge in [-0.1, -0.05) is 44.4 Å². The minimum atomic E-state index is -0.249. The van der Waals surface area contributed by atoms with Crippen LogP contribution in [0.1, 0.15) is 52.9 Å². The Kier molecular flexibility index (Phi) is 9.78. The number of hydrogen-bond acceptors (Lipinski definition) is 2. The van der Waals surface area contributed by atoms with Crippen LogP contribution in [0.25, 0.3) is 0 Å². The van der Waals surface area contributed by atoms with E-state index in [0.29, 0.717) is 0 Å². The zero-order valence-electron chi connectivity index (χ0n) is 10.7. The smallest absolute Gasteiger partial charge is 0.331 e. The van der Waals surface area contributed by atoms with Gasteiger partial charge in [0.05, 0.1) is 6.10 Å². The second-order valence-electron chi connectivity index (χ2n) is 3.98. The van der Waals surface area contributed by atoms with E-state index >= 15 is 0 Å². The van der Waals surface area contributed by atoms with Crippen molar-refractivity contribution in [1.82, 2.24) is 0 Å². The van der Waals surface area contributed by atoms with E-state index in [4.69, 9.17) is 4.74 Å². The van der Waals surface area contributed by atoms with Crippen LogP contribution in [0, 0.1) is 0 Å². The van der Waals surface area contributed by atoms with Crippen LogP contribution in [0.2, 0.25) is 0 Å². The molecule has 0 aromatic heterocycles. The summed E-state index contributed by atoms with van der Waals surface area (Å²) in [4.78, 5) is 11.3. The number of rotatable bonds is 8. The molecule has 2 nitrogen and oxygen atoms in total. The fourth-order valence-corrected chi connectivity index (χ4v) is 1.40. The van der Waals surface area contributed by atoms with Crippen LogP contribution in [0.3, 0.4) is 0 Å². The Labute approximate surface area is 99.4 Å². The average molecular weight is 224 g/mol. The van der Waals surface area contributed by atoms with E-state index in [0.717, 1.165) is 12.8 Å². The summed E-state index contributed by atoms with van der Waals surface area (Å²) in [5.41, 5.74) is 0. The first-order chi connectivity index (χ1) is 7.70. The molecule has 0 radical (unpaired) electrons. The van der Waals surface area contributed by atoms with Gasteiger partial charge in [0.15, 0.2) is 0 Å². The molecule has 0 fully saturated rings. The summed E-state index contributed by atoms with van der Waals surface area (Å²) in [7, 11) is 0. The van der Waals surface area contributed by atoms with Crippen molar-refractivity contribution >= 4 is 5.97 Å². The molecule has 0 saturated heterocycles. The van der Waals surface area contributed by atoms with Gasteiger partial charge >= 0.3 is 5.97 Å². The van der Waals surface area contributed by atoms with Crippen LogP contribution in [0.15, 0.2) is 24.3 Å². The number of ether oxygens (including phenoxy) is 1. The van der Waals surface area contributed by atoms with Gasteiger partial charge in [0, 0.05) is 6.08 Å². The van der Waals surface area contributed by atoms with Crippen molar-refractivity contribution in [2.24, 2.45) is 0 Å². The molecule has 0 aliphatic carbocycles. The Morgan fingerprint density at radius 1 is 1.25 bits per heavy atom. The van der Waals surface area contributed by atoms with Crippen LogP contribution in [-0.4, -0.2) is 12.1 Å². The lowest BCUT2D eigenvalue weighted by molar-refractivity contribution is -0.142. The highest BCUT2D eigenvalue weighted by molar-refractivity contribution is 5.82. The number of hydrogen-bond donors (Lipinski definition) is 0. The Bertz CT molecular complexity index is 229. The molecule has 92 valence electrons. The Morgan fingerprint density at radius 2 is 2.00 bits per heavy atom. The van der Waals surface area contributed by atoms with Gasteiger partial charge in [-0.3, -0.25) is 0 Å². The van der Waals surface area contributed by atoms with Crippen LogP contribution in [0.5, 0.6) is 0 Å². The molecule has 0 bridgehead atoms. The van der Waals surface area contributed by atoms with E-state index in [1.165, 1.54) is 25.3 Å². The molecule has 0 aromatic rings. The molecular weight excluding hydrogens is 200 g/mol. The van der Waals surface area contributed by atoms with Gasteiger partial charge in [-0.05, 0) is 26.7 Å². The van der Waals surface area contributed by atoms with Gasteiger partial charge in [-0.25, -0.2) is 4.79 Å². The number of unbranched alkanes of at least 4 members (excludes halogenated alkanes) is 3. The Balaban J connectivity index is 3.61. The third-order valence-electron chi connectivity index (χ3n) is 2.32. The fraction of sp³-hybridized carbons (Fsp3) is 0.643. The number of esters is 1. The average Bonchev–Trinajstić information content (AvgIpc) is 2.25. The summed E-state index contributed by atoms with van der Waals surface area (Å²) in [5, 5.41) is 0. The van der Waals surface area contributed by atoms with E-state index in [1.807, 2.05) is 26.0 Å². The molecule has 1 atom stereocenters. The summed E-state index contributed by atoms with van der Waals surface area (Å²) >= 11 is 0. The van der Waals surface area contributed by atoms with Gasteiger partial charge in [-0.2, -0.15) is 0 Å². The van der Waals surface area contributed by atoms with E-state index in [2.05, 4.69) is 6.92 Å². The van der Waals surface area contributed by atoms with Gasteiger partial charge in [0.1, 0.15) is 0 Å². The molecule has 2 heteroatoms. The van der Waals surface area contributed by atoms with Gasteiger partial charge in [0.2, 0.25) is 0 Å². The fourth-order valence-electron chi connectivity index (χ4n) is 1.40. The maximum atomic E-state index is 11.3. The molecule has 0 aliphatic heterocycles. The zero-order chi connectivity index (χ0) is 12.2. The highest BCUT2D eigenvalue weighted by Gasteiger charge is 2.05. The second-order valence-corrected chi connectivity index (χ2v) is 3.98. The minimum absolute atomic E-state index is 0.0274. The van der Waals surface area contributed by atoms with Gasteiger partial charge < -0.3 is 4.74 Å². The lowest BCUT2D eigenvalue weighted by Crippen LogP contribution is -2.12. The predicted octanol–water partition coefficient (Wildman–Crippen LogP) is 4.02. The summed E-state index contributed by atoms with van der Waals surface area (Å²) < 4.78 is 5.22. The van der Waals surface area contributed by atoms with Gasteiger partial charge in [0.25, 0.3) is 0 Å². The third-order valence-corrected chi connectivity index (χ3v) is 2.32. The molecule has 0 aromatic carbocycles. The van der Waals surface area contributed by atoms with Gasteiger partial charge in [-0.15, -0.1) is 0 Å². The normalized spacial score (nSPS) is 13.4. The second kappa shape index (κ2) is 10.5. The summed E-state index contributed by atoms with van der Waals surface area (Å²) in [6.45, 7) is 6.05. The van der Waals surface area contributed by atoms with E-state index in [1.54, 1.807) is 6.08 Å². The molecule has 0 amide bonds. The van der Waals surface area contributed by atoms with Crippen molar-refractivity contribution in [3.8, 4) is 0 Å². The molecule has 16 heavy (non-hydrogen) atoms. The number of carbonyl (C=O) groups excluding carboxylic acids is 1. The first-order valence-electron chi connectivity index (χ1n) is 6.20. The first kappa shape index (κ1) is 14.9. The molecule has 0 aliphatic rings. The standard InChI is InChI=1S/C14H24O2/c1-4-6-8-10-11-13(3)16-14(15)12-9-7-5-2/h5,7,9,12-13H,4,6,8,10-11H2,1-3H3/b7-5+,12-9+. The van der Waals surface area contributed by atoms with Crippen LogP contribution >= 0.6 is 0 Å². The highest BCUT2D eigenvalue weighted by atomic mass is 16.5. The molecule has 0 saturated carbocycles.